The summed E-state index contributed by atoms with van der Waals surface area (Å²) in [4.78, 5) is 97.1. The van der Waals surface area contributed by atoms with Gasteiger partial charge in [-0.2, -0.15) is 0 Å². The van der Waals surface area contributed by atoms with Crippen molar-refractivity contribution >= 4 is 69.1 Å². The number of thioether (sulfide) groups is 1. The van der Waals surface area contributed by atoms with Gasteiger partial charge in [-0.15, -0.1) is 0 Å². The Bertz CT molecular complexity index is 2000. The number of hydrogen-bond donors (Lipinski definition) is 6. The molecular weight excluding hydrogens is 907 g/mol. The third kappa shape index (κ3) is 15.3. The largest absolute Gasteiger partial charge is 0.790 e. The third-order valence-corrected chi connectivity index (χ3v) is 14.2. The molecule has 0 aromatic carbocycles. The first-order valence-electron chi connectivity index (χ1n) is 19.5. The van der Waals surface area contributed by atoms with Gasteiger partial charge in [0.15, 0.2) is 22.3 Å². The van der Waals surface area contributed by atoms with E-state index in [2.05, 4.69) is 43.5 Å². The Kier molecular flexibility index (Phi) is 18.6. The van der Waals surface area contributed by atoms with Gasteiger partial charge >= 0.3 is 0 Å². The van der Waals surface area contributed by atoms with Gasteiger partial charge in [-0.05, 0) is 25.7 Å². The van der Waals surface area contributed by atoms with Gasteiger partial charge in [-0.1, -0.05) is 57.7 Å². The third-order valence-electron chi connectivity index (χ3n) is 10.3. The summed E-state index contributed by atoms with van der Waals surface area (Å²) in [5.74, 6) is -0.729. The van der Waals surface area contributed by atoms with Crippen molar-refractivity contribution in [2.75, 3.05) is 37.8 Å². The number of hydrogen-bond acceptors (Lipinski definition) is 23. The second kappa shape index (κ2) is 22.1. The summed E-state index contributed by atoms with van der Waals surface area (Å²) in [7, 11) is -17.7. The number of phosphoric ester groups is 3. The number of fused-ring (bicyclic) bond motifs is 1. The summed E-state index contributed by atoms with van der Waals surface area (Å²) in [6, 6.07) is 0. The monoisotopic (exact) mass is 959 g/mol. The van der Waals surface area contributed by atoms with Crippen LogP contribution in [0.1, 0.15) is 78.6 Å². The maximum Gasteiger partial charge on any atom is 0.274 e. The minimum absolute atomic E-state index is 0.0248. The van der Waals surface area contributed by atoms with Crippen LogP contribution in [0.2, 0.25) is 0 Å². The molecule has 2 fully saturated rings. The number of nitrogen functional groups attached to an aromatic ring is 1. The topological polar surface area (TPSA) is 395 Å². The molecule has 352 valence electrons. The molecule has 0 radical (unpaired) electrons. The molecule has 29 heteroatoms. The number of nitrogens with zero attached hydrogens (tertiary/aromatic N) is 4. The Labute approximate surface area is 360 Å². The summed E-state index contributed by atoms with van der Waals surface area (Å²) < 4.78 is 61.2. The number of anilines is 1. The number of aromatic nitrogens is 4. The Morgan fingerprint density at radius 2 is 1.73 bits per heavy atom. The fourth-order valence-corrected chi connectivity index (χ4v) is 10.3. The average molecular weight is 960 g/mol. The number of carbonyl (C=O) groups excluding carboxylic acids is 3. The van der Waals surface area contributed by atoms with Crippen LogP contribution in [0.3, 0.4) is 0 Å². The number of ether oxygens (including phenoxy) is 1. The number of rotatable bonds is 24. The van der Waals surface area contributed by atoms with E-state index in [1.54, 1.807) is 0 Å². The van der Waals surface area contributed by atoms with Crippen LogP contribution in [-0.2, 0) is 56.4 Å². The highest BCUT2D eigenvalue weighted by Gasteiger charge is 2.55. The molecule has 2 aromatic rings. The zero-order chi connectivity index (χ0) is 46.1. The molecule has 3 heterocycles. The standard InChI is InChI=1S/C33H56N7O18P3S/c1-32(2,28(45)31(46)36-12-11-23(42)35-13-14-62-24(43)15-21(41)10-9-20-7-5-4-6-8-20)17-55-61(52,53)58-60(50,51)54-16-22-26(57-59(47,48)49)27(44)33(3,56-22)40-19-39-25-29(34)37-18-38-30(25)40/h18-22,26-28,41,44-45H,4-17H2,1-3H3,(H,35,42)(H,36,46)(H,50,51)(H,52,53)(H2,34,37,38)(H2,47,48,49)/p-4. The first-order chi connectivity index (χ1) is 28.8. The van der Waals surface area contributed by atoms with Crippen LogP contribution >= 0.6 is 35.2 Å². The molecule has 2 aromatic heterocycles. The zero-order valence-corrected chi connectivity index (χ0v) is 37.6. The molecule has 0 bridgehead atoms. The van der Waals surface area contributed by atoms with Crippen molar-refractivity contribution in [1.29, 1.82) is 0 Å². The lowest BCUT2D eigenvalue weighted by Crippen LogP contribution is -2.46. The van der Waals surface area contributed by atoms with Gasteiger partial charge < -0.3 is 74.1 Å². The van der Waals surface area contributed by atoms with E-state index in [4.69, 9.17) is 10.5 Å². The normalized spacial score (nSPS) is 24.3. The van der Waals surface area contributed by atoms with E-state index < -0.39 is 90.2 Å². The SMILES string of the molecule is CC(C)(COP(=O)([O-])OP(=O)([O-])OCC1OC(C)(n2cnc3c(N)ncnc32)C(O)C1OP(=O)([O-])[O-])C(O)C(=O)NCCC(=O)NCCSC(=O)CC(O)CCC1CCCCC1. The van der Waals surface area contributed by atoms with Crippen LogP contribution in [0.5, 0.6) is 0 Å². The van der Waals surface area contributed by atoms with Gasteiger partial charge in [-0.3, -0.25) is 28.1 Å². The van der Waals surface area contributed by atoms with Crippen molar-refractivity contribution in [3.8, 4) is 0 Å². The van der Waals surface area contributed by atoms with E-state index in [1.807, 2.05) is 0 Å². The Balaban J connectivity index is 1.19. The quantitative estimate of drug-likeness (QED) is 0.0511. The fraction of sp³-hybridized carbons (Fsp3) is 0.758. The Morgan fingerprint density at radius 1 is 1.05 bits per heavy atom. The number of imidazole rings is 1. The van der Waals surface area contributed by atoms with E-state index in [1.165, 1.54) is 40.0 Å². The number of carbonyl (C=O) groups is 3. The van der Waals surface area contributed by atoms with Crippen molar-refractivity contribution in [2.24, 2.45) is 11.3 Å². The van der Waals surface area contributed by atoms with Crippen LogP contribution in [0.4, 0.5) is 5.82 Å². The second-order valence-corrected chi connectivity index (χ2v) is 20.9. The van der Waals surface area contributed by atoms with Gasteiger partial charge in [0.1, 0.15) is 36.3 Å². The number of amides is 2. The van der Waals surface area contributed by atoms with E-state index in [9.17, 15) is 63.0 Å². The molecule has 1 aliphatic heterocycles. The van der Waals surface area contributed by atoms with Crippen molar-refractivity contribution in [1.82, 2.24) is 30.2 Å². The predicted molar refractivity (Wildman–Crippen MR) is 209 cm³/mol. The van der Waals surface area contributed by atoms with Crippen molar-refractivity contribution < 1.29 is 85.6 Å². The lowest BCUT2D eigenvalue weighted by Gasteiger charge is -2.36. The lowest BCUT2D eigenvalue weighted by molar-refractivity contribution is -0.347. The second-order valence-electron chi connectivity index (χ2n) is 15.7. The van der Waals surface area contributed by atoms with Crippen molar-refractivity contribution in [3.63, 3.8) is 0 Å². The molecule has 1 aliphatic carbocycles. The van der Waals surface area contributed by atoms with E-state index >= 15 is 0 Å². The van der Waals surface area contributed by atoms with E-state index in [0.29, 0.717) is 12.3 Å². The van der Waals surface area contributed by atoms with Crippen molar-refractivity contribution in [3.05, 3.63) is 12.7 Å². The number of phosphoric acid groups is 3. The Hall–Kier alpha value is -2.48. The predicted octanol–water partition coefficient (Wildman–Crippen LogP) is -1.58. The molecular formula is C33H52N7O18P3S-4. The van der Waals surface area contributed by atoms with Gasteiger partial charge in [0, 0.05) is 37.1 Å². The highest BCUT2D eigenvalue weighted by atomic mass is 32.2. The molecule has 1 saturated carbocycles. The highest BCUT2D eigenvalue weighted by molar-refractivity contribution is 8.13. The van der Waals surface area contributed by atoms with Crippen molar-refractivity contribution in [2.45, 2.75) is 115 Å². The Morgan fingerprint density at radius 3 is 2.40 bits per heavy atom. The van der Waals surface area contributed by atoms with Crippen LogP contribution in [-0.4, -0.2) is 114 Å². The number of nitrogens with two attached hydrogens (primary N) is 1. The van der Waals surface area contributed by atoms with Gasteiger partial charge in [0.25, 0.3) is 15.6 Å². The molecule has 0 spiro atoms. The zero-order valence-electron chi connectivity index (χ0n) is 34.1. The van der Waals surface area contributed by atoms with E-state index in [0.717, 1.165) is 48.2 Å². The molecule has 1 saturated heterocycles. The summed E-state index contributed by atoms with van der Waals surface area (Å²) in [5.41, 5.74) is 2.01. The molecule has 2 aliphatic rings. The van der Waals surface area contributed by atoms with Gasteiger partial charge in [0.05, 0.1) is 33.5 Å². The molecule has 7 N–H and O–H groups in total. The maximum atomic E-state index is 12.6. The molecule has 8 unspecified atom stereocenters. The minimum Gasteiger partial charge on any atom is -0.790 e. The number of aliphatic hydroxyl groups excluding tert-OH is 3. The smallest absolute Gasteiger partial charge is 0.274 e. The fourth-order valence-electron chi connectivity index (χ4n) is 6.84. The first kappa shape index (κ1) is 52.1. The summed E-state index contributed by atoms with van der Waals surface area (Å²) in [6.45, 7) is 1.16. The lowest BCUT2D eigenvalue weighted by atomic mass is 9.85. The van der Waals surface area contributed by atoms with Gasteiger partial charge in [-0.25, -0.2) is 19.3 Å². The molecule has 2 amide bonds. The molecule has 62 heavy (non-hydrogen) atoms. The van der Waals surface area contributed by atoms with Crippen LogP contribution in [0, 0.1) is 11.3 Å². The van der Waals surface area contributed by atoms with Crippen LogP contribution in [0.25, 0.3) is 11.2 Å². The molecule has 4 rings (SSSR count). The van der Waals surface area contributed by atoms with E-state index in [-0.39, 0.29) is 53.8 Å². The first-order valence-corrected chi connectivity index (χ1v) is 24.9. The summed E-state index contributed by atoms with van der Waals surface area (Å²) >= 11 is 0.988. The minimum atomic E-state index is -5.95. The molecule has 25 nitrogen and oxygen atoms in total. The number of nitrogens with one attached hydrogen (secondary N) is 2. The maximum absolute atomic E-state index is 12.6. The van der Waals surface area contributed by atoms with Crippen LogP contribution < -0.4 is 35.9 Å². The highest BCUT2D eigenvalue weighted by Crippen LogP contribution is 2.56. The number of aliphatic hydroxyl groups is 3. The summed E-state index contributed by atoms with van der Waals surface area (Å²) in [6.07, 6.45) is 0.618. The van der Waals surface area contributed by atoms with Crippen LogP contribution in [0.15, 0.2) is 12.7 Å². The summed E-state index contributed by atoms with van der Waals surface area (Å²) in [5, 5.41) is 36.6. The van der Waals surface area contributed by atoms with Gasteiger partial charge in [0.2, 0.25) is 11.8 Å². The molecule has 8 atom stereocenters. The average Bonchev–Trinajstić information content (AvgIpc) is 3.73.